The van der Waals surface area contributed by atoms with E-state index < -0.39 is 0 Å². The molecule has 1 aromatic heterocycles. The lowest BCUT2D eigenvalue weighted by atomic mass is 10.0. The summed E-state index contributed by atoms with van der Waals surface area (Å²) in [5.41, 5.74) is 5.61. The second-order valence-electron chi connectivity index (χ2n) is 4.37. The van der Waals surface area contributed by atoms with E-state index in [2.05, 4.69) is 24.1 Å². The molecule has 0 fully saturated rings. The molecule has 1 aromatic rings. The molecule has 1 atom stereocenters. The van der Waals surface area contributed by atoms with Gasteiger partial charge in [0.25, 0.3) is 0 Å². The highest BCUT2D eigenvalue weighted by atomic mass is 16.5. The minimum Gasteiger partial charge on any atom is -0.478 e. The summed E-state index contributed by atoms with van der Waals surface area (Å²) in [7, 11) is 0. The number of rotatable bonds is 7. The zero-order valence-electron chi connectivity index (χ0n) is 10.9. The topological polar surface area (TPSA) is 60.2 Å². The van der Waals surface area contributed by atoms with Gasteiger partial charge >= 0.3 is 0 Å². The van der Waals surface area contributed by atoms with Gasteiger partial charge in [0.2, 0.25) is 5.88 Å². The van der Waals surface area contributed by atoms with Crippen LogP contribution in [0.5, 0.6) is 5.88 Å². The van der Waals surface area contributed by atoms with E-state index in [4.69, 9.17) is 10.5 Å². The largest absolute Gasteiger partial charge is 0.478 e. The Balaban J connectivity index is 2.68. The number of nitrogens with one attached hydrogen (secondary N) is 1. The summed E-state index contributed by atoms with van der Waals surface area (Å²) >= 11 is 0. The summed E-state index contributed by atoms with van der Waals surface area (Å²) in [6.07, 6.45) is 0.943. The first-order valence-corrected chi connectivity index (χ1v) is 6.23. The molecular formula is C13H23N3O. The van der Waals surface area contributed by atoms with Crippen molar-refractivity contribution in [1.82, 2.24) is 4.98 Å². The predicted octanol–water partition coefficient (Wildman–Crippen LogP) is 2.27. The van der Waals surface area contributed by atoms with Gasteiger partial charge in [-0.05, 0) is 31.9 Å². The first-order valence-electron chi connectivity index (χ1n) is 6.23. The Bertz CT molecular complexity index is 328. The smallest absolute Gasteiger partial charge is 0.215 e. The van der Waals surface area contributed by atoms with E-state index in [9.17, 15) is 0 Å². The molecule has 0 aliphatic heterocycles. The van der Waals surface area contributed by atoms with Crippen LogP contribution in [0.2, 0.25) is 0 Å². The molecule has 4 nitrogen and oxygen atoms in total. The molecule has 0 aromatic carbocycles. The van der Waals surface area contributed by atoms with Crippen LogP contribution in [0.15, 0.2) is 18.2 Å². The van der Waals surface area contributed by atoms with E-state index in [1.165, 1.54) is 0 Å². The lowest BCUT2D eigenvalue weighted by Crippen LogP contribution is -2.28. The Morgan fingerprint density at radius 3 is 2.76 bits per heavy atom. The molecule has 0 bridgehead atoms. The Hall–Kier alpha value is -1.29. The third kappa shape index (κ3) is 4.61. The fourth-order valence-electron chi connectivity index (χ4n) is 1.67. The fraction of sp³-hybridized carbons (Fsp3) is 0.615. The number of ether oxygens (including phenoxy) is 1. The summed E-state index contributed by atoms with van der Waals surface area (Å²) in [4.78, 5) is 4.39. The quantitative estimate of drug-likeness (QED) is 0.763. The van der Waals surface area contributed by atoms with E-state index in [-0.39, 0.29) is 0 Å². The number of nitrogens with zero attached hydrogens (tertiary/aromatic N) is 1. The van der Waals surface area contributed by atoms with E-state index in [1.807, 2.05) is 25.1 Å². The molecule has 0 saturated carbocycles. The van der Waals surface area contributed by atoms with Crippen molar-refractivity contribution in [2.24, 2.45) is 11.7 Å². The number of nitrogens with two attached hydrogens (primary N) is 1. The highest BCUT2D eigenvalue weighted by Gasteiger charge is 2.12. The molecule has 1 rings (SSSR count). The Labute approximate surface area is 104 Å². The highest BCUT2D eigenvalue weighted by molar-refractivity contribution is 5.38. The van der Waals surface area contributed by atoms with E-state index >= 15 is 0 Å². The van der Waals surface area contributed by atoms with Crippen molar-refractivity contribution < 1.29 is 4.74 Å². The molecule has 1 unspecified atom stereocenters. The summed E-state index contributed by atoms with van der Waals surface area (Å²) in [6.45, 7) is 7.63. The summed E-state index contributed by atoms with van der Waals surface area (Å²) in [5.74, 6) is 2.03. The van der Waals surface area contributed by atoms with Gasteiger partial charge in [0.1, 0.15) is 5.82 Å². The van der Waals surface area contributed by atoms with Gasteiger partial charge in [0.05, 0.1) is 6.61 Å². The maximum absolute atomic E-state index is 5.61. The van der Waals surface area contributed by atoms with Gasteiger partial charge in [-0.2, -0.15) is 4.98 Å². The van der Waals surface area contributed by atoms with Crippen LogP contribution in [-0.2, 0) is 0 Å². The lowest BCUT2D eigenvalue weighted by molar-refractivity contribution is 0.327. The molecule has 0 radical (unpaired) electrons. The molecule has 17 heavy (non-hydrogen) atoms. The second kappa shape index (κ2) is 7.12. The molecule has 96 valence electrons. The number of aromatic nitrogens is 1. The van der Waals surface area contributed by atoms with Crippen LogP contribution in [0.3, 0.4) is 0 Å². The fourth-order valence-corrected chi connectivity index (χ4v) is 1.67. The molecular weight excluding hydrogens is 214 g/mol. The van der Waals surface area contributed by atoms with Gasteiger partial charge < -0.3 is 15.8 Å². The molecule has 0 aliphatic rings. The number of hydrogen-bond acceptors (Lipinski definition) is 4. The molecule has 0 saturated heterocycles. The number of anilines is 1. The van der Waals surface area contributed by atoms with Crippen LogP contribution in [0.4, 0.5) is 5.82 Å². The van der Waals surface area contributed by atoms with Gasteiger partial charge in [0, 0.05) is 12.1 Å². The van der Waals surface area contributed by atoms with Crippen molar-refractivity contribution in [2.45, 2.75) is 33.2 Å². The van der Waals surface area contributed by atoms with E-state index in [0.29, 0.717) is 31.0 Å². The molecule has 0 aliphatic carbocycles. The van der Waals surface area contributed by atoms with Crippen molar-refractivity contribution in [1.29, 1.82) is 0 Å². The maximum Gasteiger partial charge on any atom is 0.215 e. The SMILES string of the molecule is CCOc1cccc(NC(CCN)C(C)C)n1. The third-order valence-corrected chi connectivity index (χ3v) is 2.63. The normalized spacial score (nSPS) is 12.5. The Morgan fingerprint density at radius 1 is 1.41 bits per heavy atom. The average Bonchev–Trinajstić information content (AvgIpc) is 2.29. The minimum atomic E-state index is 0.351. The minimum absolute atomic E-state index is 0.351. The van der Waals surface area contributed by atoms with Gasteiger partial charge in [-0.3, -0.25) is 0 Å². The molecule has 1 heterocycles. The monoisotopic (exact) mass is 237 g/mol. The summed E-state index contributed by atoms with van der Waals surface area (Å²) < 4.78 is 5.37. The van der Waals surface area contributed by atoms with Gasteiger partial charge in [0.15, 0.2) is 0 Å². The first-order chi connectivity index (χ1) is 8.17. The number of pyridine rings is 1. The summed E-state index contributed by atoms with van der Waals surface area (Å²) in [6, 6.07) is 6.11. The molecule has 0 spiro atoms. The second-order valence-corrected chi connectivity index (χ2v) is 4.37. The summed E-state index contributed by atoms with van der Waals surface area (Å²) in [5, 5.41) is 3.41. The number of hydrogen-bond donors (Lipinski definition) is 2. The van der Waals surface area contributed by atoms with Crippen LogP contribution < -0.4 is 15.8 Å². The predicted molar refractivity (Wildman–Crippen MR) is 71.3 cm³/mol. The van der Waals surface area contributed by atoms with Crippen molar-refractivity contribution in [2.75, 3.05) is 18.5 Å². The van der Waals surface area contributed by atoms with Crippen LogP contribution in [-0.4, -0.2) is 24.2 Å². The van der Waals surface area contributed by atoms with E-state index in [1.54, 1.807) is 0 Å². The van der Waals surface area contributed by atoms with Gasteiger partial charge in [-0.1, -0.05) is 19.9 Å². The molecule has 4 heteroatoms. The average molecular weight is 237 g/mol. The van der Waals surface area contributed by atoms with Crippen molar-refractivity contribution in [3.8, 4) is 5.88 Å². The van der Waals surface area contributed by atoms with Crippen LogP contribution in [0, 0.1) is 5.92 Å². The maximum atomic E-state index is 5.61. The third-order valence-electron chi connectivity index (χ3n) is 2.63. The lowest BCUT2D eigenvalue weighted by Gasteiger charge is -2.22. The van der Waals surface area contributed by atoms with Gasteiger partial charge in [-0.25, -0.2) is 0 Å². The van der Waals surface area contributed by atoms with Crippen molar-refractivity contribution >= 4 is 5.82 Å². The van der Waals surface area contributed by atoms with Crippen LogP contribution in [0.25, 0.3) is 0 Å². The Morgan fingerprint density at radius 2 is 2.18 bits per heavy atom. The van der Waals surface area contributed by atoms with Crippen LogP contribution in [0.1, 0.15) is 27.2 Å². The van der Waals surface area contributed by atoms with Crippen LogP contribution >= 0.6 is 0 Å². The van der Waals surface area contributed by atoms with Crippen molar-refractivity contribution in [3.63, 3.8) is 0 Å². The zero-order valence-corrected chi connectivity index (χ0v) is 10.9. The van der Waals surface area contributed by atoms with E-state index in [0.717, 1.165) is 12.2 Å². The first kappa shape index (κ1) is 13.8. The molecule has 3 N–H and O–H groups in total. The molecule has 0 amide bonds. The standard InChI is InChI=1S/C13H23N3O/c1-4-17-13-7-5-6-12(16-13)15-11(8-9-14)10(2)3/h5-7,10-11H,4,8-9,14H2,1-3H3,(H,15,16). The van der Waals surface area contributed by atoms with Crippen molar-refractivity contribution in [3.05, 3.63) is 18.2 Å². The Kier molecular flexibility index (Phi) is 5.77. The van der Waals surface area contributed by atoms with Gasteiger partial charge in [-0.15, -0.1) is 0 Å². The zero-order chi connectivity index (χ0) is 12.7. The highest BCUT2D eigenvalue weighted by Crippen LogP contribution is 2.16.